The van der Waals surface area contributed by atoms with Crippen LogP contribution in [-0.4, -0.2) is 24.8 Å². The SMILES string of the molecule is CNC(C#N)C1CCC(CO)C1. The van der Waals surface area contributed by atoms with E-state index < -0.39 is 0 Å². The molecule has 0 spiro atoms. The molecule has 1 rings (SSSR count). The molecule has 12 heavy (non-hydrogen) atoms. The summed E-state index contributed by atoms with van der Waals surface area (Å²) in [7, 11) is 1.82. The van der Waals surface area contributed by atoms with Crippen LogP contribution in [0.2, 0.25) is 0 Å². The van der Waals surface area contributed by atoms with E-state index in [1.165, 1.54) is 0 Å². The molecule has 0 radical (unpaired) electrons. The molecular weight excluding hydrogens is 152 g/mol. The van der Waals surface area contributed by atoms with Crippen LogP contribution in [0.25, 0.3) is 0 Å². The van der Waals surface area contributed by atoms with E-state index in [1.807, 2.05) is 7.05 Å². The highest BCUT2D eigenvalue weighted by molar-refractivity contribution is 4.96. The fourth-order valence-corrected chi connectivity index (χ4v) is 1.99. The summed E-state index contributed by atoms with van der Waals surface area (Å²) in [5.41, 5.74) is 0. The second-order valence-corrected chi connectivity index (χ2v) is 3.52. The zero-order valence-corrected chi connectivity index (χ0v) is 7.45. The van der Waals surface area contributed by atoms with Gasteiger partial charge in [0.15, 0.2) is 0 Å². The topological polar surface area (TPSA) is 56.0 Å². The summed E-state index contributed by atoms with van der Waals surface area (Å²) in [5.74, 6) is 0.872. The first-order valence-electron chi connectivity index (χ1n) is 4.49. The summed E-state index contributed by atoms with van der Waals surface area (Å²) in [4.78, 5) is 0. The highest BCUT2D eigenvalue weighted by Gasteiger charge is 2.29. The smallest absolute Gasteiger partial charge is 0.0979 e. The first-order valence-corrected chi connectivity index (χ1v) is 4.49. The average Bonchev–Trinajstić information content (AvgIpc) is 2.55. The first-order chi connectivity index (χ1) is 5.81. The van der Waals surface area contributed by atoms with Crippen molar-refractivity contribution in [2.45, 2.75) is 25.3 Å². The Morgan fingerprint density at radius 3 is 2.83 bits per heavy atom. The van der Waals surface area contributed by atoms with Crippen LogP contribution in [0.3, 0.4) is 0 Å². The van der Waals surface area contributed by atoms with Gasteiger partial charge in [0.25, 0.3) is 0 Å². The molecule has 0 bridgehead atoms. The lowest BCUT2D eigenvalue weighted by atomic mass is 9.98. The molecule has 0 aliphatic heterocycles. The van der Waals surface area contributed by atoms with Crippen LogP contribution in [0.1, 0.15) is 19.3 Å². The van der Waals surface area contributed by atoms with Gasteiger partial charge in [-0.2, -0.15) is 5.26 Å². The Labute approximate surface area is 73.4 Å². The van der Waals surface area contributed by atoms with E-state index in [-0.39, 0.29) is 12.6 Å². The van der Waals surface area contributed by atoms with Crippen molar-refractivity contribution in [2.75, 3.05) is 13.7 Å². The van der Waals surface area contributed by atoms with E-state index >= 15 is 0 Å². The van der Waals surface area contributed by atoms with Crippen molar-refractivity contribution in [3.8, 4) is 6.07 Å². The molecule has 1 aliphatic carbocycles. The molecule has 0 aromatic heterocycles. The van der Waals surface area contributed by atoms with E-state index in [2.05, 4.69) is 11.4 Å². The second kappa shape index (κ2) is 4.44. The van der Waals surface area contributed by atoms with Crippen LogP contribution in [0.4, 0.5) is 0 Å². The quantitative estimate of drug-likeness (QED) is 0.645. The van der Waals surface area contributed by atoms with Crippen molar-refractivity contribution in [1.29, 1.82) is 5.26 Å². The van der Waals surface area contributed by atoms with Crippen molar-refractivity contribution >= 4 is 0 Å². The molecule has 0 heterocycles. The maximum atomic E-state index is 8.91. The van der Waals surface area contributed by atoms with Gasteiger partial charge in [-0.05, 0) is 38.1 Å². The molecule has 3 heteroatoms. The van der Waals surface area contributed by atoms with Crippen molar-refractivity contribution < 1.29 is 5.11 Å². The standard InChI is InChI=1S/C9H16N2O/c1-11-9(5-10)8-3-2-7(4-8)6-12/h7-9,11-12H,2-4,6H2,1H3. The minimum absolute atomic E-state index is 0.0263. The summed E-state index contributed by atoms with van der Waals surface area (Å²) in [6.07, 6.45) is 3.14. The number of aliphatic hydroxyl groups is 1. The molecule has 3 unspecified atom stereocenters. The fraction of sp³-hybridized carbons (Fsp3) is 0.889. The molecule has 1 aliphatic rings. The largest absolute Gasteiger partial charge is 0.396 e. The third-order valence-corrected chi connectivity index (χ3v) is 2.76. The lowest BCUT2D eigenvalue weighted by Crippen LogP contribution is -2.30. The zero-order chi connectivity index (χ0) is 8.97. The number of hydrogen-bond acceptors (Lipinski definition) is 3. The molecule has 0 saturated heterocycles. The van der Waals surface area contributed by atoms with Gasteiger partial charge >= 0.3 is 0 Å². The molecule has 0 aromatic carbocycles. The number of nitrogens with zero attached hydrogens (tertiary/aromatic N) is 1. The van der Waals surface area contributed by atoms with Crippen molar-refractivity contribution in [3.63, 3.8) is 0 Å². The zero-order valence-electron chi connectivity index (χ0n) is 7.45. The maximum Gasteiger partial charge on any atom is 0.0979 e. The maximum absolute atomic E-state index is 8.91. The van der Waals surface area contributed by atoms with Crippen LogP contribution >= 0.6 is 0 Å². The summed E-state index contributed by atoms with van der Waals surface area (Å²) in [6.45, 7) is 0.276. The molecule has 1 saturated carbocycles. The Bertz CT molecular complexity index is 176. The highest BCUT2D eigenvalue weighted by atomic mass is 16.3. The van der Waals surface area contributed by atoms with Gasteiger partial charge in [-0.25, -0.2) is 0 Å². The Morgan fingerprint density at radius 2 is 2.42 bits per heavy atom. The third-order valence-electron chi connectivity index (χ3n) is 2.76. The van der Waals surface area contributed by atoms with Crippen LogP contribution < -0.4 is 5.32 Å². The molecule has 0 amide bonds. The molecule has 3 atom stereocenters. The van der Waals surface area contributed by atoms with Crippen LogP contribution in [0.5, 0.6) is 0 Å². The van der Waals surface area contributed by atoms with Gasteiger partial charge < -0.3 is 10.4 Å². The van der Waals surface area contributed by atoms with E-state index in [1.54, 1.807) is 0 Å². The molecule has 1 fully saturated rings. The van der Waals surface area contributed by atoms with Gasteiger partial charge in [0.1, 0.15) is 0 Å². The highest BCUT2D eigenvalue weighted by Crippen LogP contribution is 2.32. The van der Waals surface area contributed by atoms with Gasteiger partial charge in [0.05, 0.1) is 12.1 Å². The van der Waals surface area contributed by atoms with Gasteiger partial charge in [-0.15, -0.1) is 0 Å². The van der Waals surface area contributed by atoms with Crippen molar-refractivity contribution in [2.24, 2.45) is 11.8 Å². The molecular formula is C9H16N2O. The second-order valence-electron chi connectivity index (χ2n) is 3.52. The predicted octanol–water partition coefficient (Wildman–Crippen LogP) is 0.507. The minimum atomic E-state index is -0.0263. The summed E-state index contributed by atoms with van der Waals surface area (Å²) in [6, 6.07) is 2.22. The lowest BCUT2D eigenvalue weighted by molar-refractivity contribution is 0.224. The number of aliphatic hydroxyl groups excluding tert-OH is 1. The van der Waals surface area contributed by atoms with Gasteiger partial charge in [0.2, 0.25) is 0 Å². The third kappa shape index (κ3) is 1.96. The number of nitrogens with one attached hydrogen (secondary N) is 1. The summed E-state index contributed by atoms with van der Waals surface area (Å²) >= 11 is 0. The molecule has 2 N–H and O–H groups in total. The van der Waals surface area contributed by atoms with Gasteiger partial charge in [0, 0.05) is 6.61 Å². The fourth-order valence-electron chi connectivity index (χ4n) is 1.99. The molecule has 68 valence electrons. The molecule has 0 aromatic rings. The van der Waals surface area contributed by atoms with Crippen LogP contribution in [0.15, 0.2) is 0 Å². The van der Waals surface area contributed by atoms with Crippen LogP contribution in [0, 0.1) is 23.2 Å². The van der Waals surface area contributed by atoms with E-state index in [0.717, 1.165) is 19.3 Å². The Kier molecular flexibility index (Phi) is 3.51. The first kappa shape index (κ1) is 9.50. The monoisotopic (exact) mass is 168 g/mol. The Balaban J connectivity index is 2.40. The van der Waals surface area contributed by atoms with Crippen LogP contribution in [-0.2, 0) is 0 Å². The van der Waals surface area contributed by atoms with Crippen molar-refractivity contribution in [3.05, 3.63) is 0 Å². The van der Waals surface area contributed by atoms with Gasteiger partial charge in [-0.1, -0.05) is 0 Å². The van der Waals surface area contributed by atoms with Gasteiger partial charge in [-0.3, -0.25) is 0 Å². The number of rotatable bonds is 3. The van der Waals surface area contributed by atoms with E-state index in [9.17, 15) is 0 Å². The average molecular weight is 168 g/mol. The number of nitriles is 1. The summed E-state index contributed by atoms with van der Waals surface area (Å²) in [5, 5.41) is 20.7. The lowest BCUT2D eigenvalue weighted by Gasteiger charge is -2.15. The Hall–Kier alpha value is -0.590. The van der Waals surface area contributed by atoms with E-state index in [4.69, 9.17) is 10.4 Å². The predicted molar refractivity (Wildman–Crippen MR) is 46.4 cm³/mol. The normalized spacial score (nSPS) is 31.4. The Morgan fingerprint density at radius 1 is 1.67 bits per heavy atom. The van der Waals surface area contributed by atoms with Crippen molar-refractivity contribution in [1.82, 2.24) is 5.32 Å². The number of hydrogen-bond donors (Lipinski definition) is 2. The molecule has 3 nitrogen and oxygen atoms in total. The summed E-state index contributed by atoms with van der Waals surface area (Å²) < 4.78 is 0. The minimum Gasteiger partial charge on any atom is -0.396 e. The van der Waals surface area contributed by atoms with E-state index in [0.29, 0.717) is 11.8 Å².